The molecule has 1 unspecified atom stereocenters. The number of ether oxygens (including phenoxy) is 1. The Morgan fingerprint density at radius 2 is 1.89 bits per heavy atom. The average molecular weight is 398 g/mol. The van der Waals surface area contributed by atoms with E-state index in [0.29, 0.717) is 25.1 Å². The summed E-state index contributed by atoms with van der Waals surface area (Å²) in [5.41, 5.74) is 1.99. The van der Waals surface area contributed by atoms with Gasteiger partial charge in [-0.2, -0.15) is 0 Å². The van der Waals surface area contributed by atoms with Gasteiger partial charge >= 0.3 is 5.97 Å². The summed E-state index contributed by atoms with van der Waals surface area (Å²) in [5.74, 6) is -0.429. The van der Waals surface area contributed by atoms with Crippen LogP contribution in [-0.4, -0.2) is 34.6 Å². The van der Waals surface area contributed by atoms with Gasteiger partial charge in [0.25, 0.3) is 5.91 Å². The van der Waals surface area contributed by atoms with Crippen LogP contribution in [0.15, 0.2) is 48.5 Å². The number of rotatable bonds is 9. The highest BCUT2D eigenvalue weighted by molar-refractivity contribution is 7.21. The lowest BCUT2D eigenvalue weighted by Gasteiger charge is -2.14. The second-order valence-corrected chi connectivity index (χ2v) is 7.44. The van der Waals surface area contributed by atoms with E-state index in [1.165, 1.54) is 0 Å². The zero-order chi connectivity index (χ0) is 19.9. The molecule has 2 aromatic carbocycles. The Labute approximate surface area is 167 Å². The van der Waals surface area contributed by atoms with E-state index in [-0.39, 0.29) is 12.3 Å². The third-order valence-electron chi connectivity index (χ3n) is 4.19. The van der Waals surface area contributed by atoms with E-state index in [4.69, 9.17) is 9.84 Å². The summed E-state index contributed by atoms with van der Waals surface area (Å²) < 4.78 is 6.84. The van der Waals surface area contributed by atoms with Crippen molar-refractivity contribution >= 4 is 33.4 Å². The summed E-state index contributed by atoms with van der Waals surface area (Å²) in [6.45, 7) is 2.13. The van der Waals surface area contributed by atoms with Gasteiger partial charge in [0, 0.05) is 18.5 Å². The van der Waals surface area contributed by atoms with Crippen molar-refractivity contribution in [3.8, 4) is 16.3 Å². The van der Waals surface area contributed by atoms with Crippen molar-refractivity contribution < 1.29 is 19.4 Å². The Balaban J connectivity index is 1.52. The van der Waals surface area contributed by atoms with Crippen molar-refractivity contribution in [1.29, 1.82) is 0 Å². The van der Waals surface area contributed by atoms with Gasteiger partial charge in [0.15, 0.2) is 6.10 Å². The number of thiazole rings is 1. The van der Waals surface area contributed by atoms with Crippen LogP contribution in [0.25, 0.3) is 20.8 Å². The summed E-state index contributed by atoms with van der Waals surface area (Å²) in [7, 11) is 0. The molecular formula is C21H22N2O4S. The number of unbranched alkanes of at least 4 members (excludes halogenated alkanes) is 1. The molecule has 0 saturated heterocycles. The molecule has 0 aliphatic heterocycles. The van der Waals surface area contributed by atoms with Crippen LogP contribution in [-0.2, 0) is 9.59 Å². The zero-order valence-electron chi connectivity index (χ0n) is 15.6. The van der Waals surface area contributed by atoms with Crippen molar-refractivity contribution in [1.82, 2.24) is 10.3 Å². The van der Waals surface area contributed by atoms with Crippen LogP contribution in [0, 0.1) is 0 Å². The van der Waals surface area contributed by atoms with Crippen molar-refractivity contribution in [3.63, 3.8) is 0 Å². The summed E-state index contributed by atoms with van der Waals surface area (Å²) in [6, 6.07) is 15.6. The fourth-order valence-electron chi connectivity index (χ4n) is 2.69. The molecule has 1 aromatic heterocycles. The molecule has 0 radical (unpaired) electrons. The predicted molar refractivity (Wildman–Crippen MR) is 110 cm³/mol. The first-order valence-corrected chi connectivity index (χ1v) is 9.97. The number of benzene rings is 2. The summed E-state index contributed by atoms with van der Waals surface area (Å²) >= 11 is 1.64. The third-order valence-corrected chi connectivity index (χ3v) is 5.28. The summed E-state index contributed by atoms with van der Waals surface area (Å²) in [4.78, 5) is 27.2. The number of aromatic nitrogens is 1. The fourth-order valence-corrected chi connectivity index (χ4v) is 3.66. The van der Waals surface area contributed by atoms with Crippen LogP contribution in [0.1, 0.15) is 26.2 Å². The standard InChI is InChI=1S/C21H22N2O4S/c1-14(20(26)22-13-5-4-8-19(24)25)27-16-11-9-15(10-12-16)21-23-17-6-2-3-7-18(17)28-21/h2-3,6-7,9-12,14H,4-5,8,13H2,1H3,(H,22,26)(H,24,25). The molecule has 1 heterocycles. The zero-order valence-corrected chi connectivity index (χ0v) is 16.4. The Morgan fingerprint density at radius 1 is 1.14 bits per heavy atom. The number of hydrogen-bond acceptors (Lipinski definition) is 5. The molecule has 28 heavy (non-hydrogen) atoms. The fraction of sp³-hybridized carbons (Fsp3) is 0.286. The molecule has 0 bridgehead atoms. The minimum Gasteiger partial charge on any atom is -0.481 e. The Bertz CT molecular complexity index is 919. The second kappa shape index (κ2) is 9.32. The molecule has 7 heteroatoms. The van der Waals surface area contributed by atoms with E-state index in [1.54, 1.807) is 18.3 Å². The van der Waals surface area contributed by atoms with Gasteiger partial charge in [-0.3, -0.25) is 9.59 Å². The van der Waals surface area contributed by atoms with Gasteiger partial charge in [-0.1, -0.05) is 12.1 Å². The number of nitrogens with one attached hydrogen (secondary N) is 1. The van der Waals surface area contributed by atoms with Crippen molar-refractivity contribution in [2.24, 2.45) is 0 Å². The number of carboxylic acid groups (broad SMARTS) is 1. The third kappa shape index (κ3) is 5.29. The highest BCUT2D eigenvalue weighted by atomic mass is 32.1. The van der Waals surface area contributed by atoms with Crippen LogP contribution in [0.2, 0.25) is 0 Å². The van der Waals surface area contributed by atoms with E-state index < -0.39 is 12.1 Å². The van der Waals surface area contributed by atoms with Crippen LogP contribution in [0.5, 0.6) is 5.75 Å². The molecule has 3 rings (SSSR count). The topological polar surface area (TPSA) is 88.5 Å². The highest BCUT2D eigenvalue weighted by Crippen LogP contribution is 2.30. The Morgan fingerprint density at radius 3 is 2.61 bits per heavy atom. The van der Waals surface area contributed by atoms with Crippen molar-refractivity contribution in [2.45, 2.75) is 32.3 Å². The van der Waals surface area contributed by atoms with Gasteiger partial charge in [-0.05, 0) is 56.2 Å². The minimum absolute atomic E-state index is 0.114. The van der Waals surface area contributed by atoms with E-state index in [9.17, 15) is 9.59 Å². The Kier molecular flexibility index (Phi) is 6.60. The van der Waals surface area contributed by atoms with E-state index in [0.717, 1.165) is 20.8 Å². The maximum absolute atomic E-state index is 12.1. The summed E-state index contributed by atoms with van der Waals surface area (Å²) in [6.07, 6.45) is 0.649. The highest BCUT2D eigenvalue weighted by Gasteiger charge is 2.14. The largest absolute Gasteiger partial charge is 0.481 e. The lowest BCUT2D eigenvalue weighted by molar-refractivity contribution is -0.137. The number of aliphatic carboxylic acids is 1. The predicted octanol–water partition coefficient (Wildman–Crippen LogP) is 4.10. The number of nitrogens with zero attached hydrogens (tertiary/aromatic N) is 1. The SMILES string of the molecule is CC(Oc1ccc(-c2nc3ccccc3s2)cc1)C(=O)NCCCCC(=O)O. The molecule has 2 N–H and O–H groups in total. The van der Waals surface area contributed by atoms with Gasteiger partial charge in [0.05, 0.1) is 10.2 Å². The molecule has 0 spiro atoms. The molecular weight excluding hydrogens is 376 g/mol. The number of carbonyl (C=O) groups excluding carboxylic acids is 1. The van der Waals surface area contributed by atoms with Crippen molar-refractivity contribution in [3.05, 3.63) is 48.5 Å². The molecule has 1 atom stereocenters. The molecule has 1 amide bonds. The monoisotopic (exact) mass is 398 g/mol. The van der Waals surface area contributed by atoms with Gasteiger partial charge in [-0.25, -0.2) is 4.98 Å². The normalized spacial score (nSPS) is 11.9. The van der Waals surface area contributed by atoms with E-state index >= 15 is 0 Å². The number of hydrogen-bond donors (Lipinski definition) is 2. The number of para-hydroxylation sites is 1. The number of carbonyl (C=O) groups is 2. The molecule has 0 aliphatic rings. The molecule has 0 fully saturated rings. The lowest BCUT2D eigenvalue weighted by Crippen LogP contribution is -2.36. The maximum atomic E-state index is 12.1. The maximum Gasteiger partial charge on any atom is 0.303 e. The first kappa shape index (κ1) is 19.8. The smallest absolute Gasteiger partial charge is 0.303 e. The van der Waals surface area contributed by atoms with E-state index in [2.05, 4.69) is 16.4 Å². The summed E-state index contributed by atoms with van der Waals surface area (Å²) in [5, 5.41) is 12.3. The quantitative estimate of drug-likeness (QED) is 0.530. The van der Waals surface area contributed by atoms with Gasteiger partial charge < -0.3 is 15.2 Å². The molecule has 6 nitrogen and oxygen atoms in total. The van der Waals surface area contributed by atoms with Crippen LogP contribution >= 0.6 is 11.3 Å². The average Bonchev–Trinajstić information content (AvgIpc) is 3.12. The first-order valence-electron chi connectivity index (χ1n) is 9.15. The van der Waals surface area contributed by atoms with Crippen molar-refractivity contribution in [2.75, 3.05) is 6.54 Å². The Hall–Kier alpha value is -2.93. The van der Waals surface area contributed by atoms with Crippen LogP contribution in [0.3, 0.4) is 0 Å². The van der Waals surface area contributed by atoms with Gasteiger partial charge in [-0.15, -0.1) is 11.3 Å². The molecule has 146 valence electrons. The number of amides is 1. The number of fused-ring (bicyclic) bond motifs is 1. The van der Waals surface area contributed by atoms with E-state index in [1.807, 2.05) is 42.5 Å². The van der Waals surface area contributed by atoms with Gasteiger partial charge in [0.1, 0.15) is 10.8 Å². The van der Waals surface area contributed by atoms with Gasteiger partial charge in [0.2, 0.25) is 0 Å². The molecule has 0 aliphatic carbocycles. The number of carboxylic acids is 1. The van der Waals surface area contributed by atoms with Crippen LogP contribution in [0.4, 0.5) is 0 Å². The minimum atomic E-state index is -0.822. The molecule has 0 saturated carbocycles. The molecule has 3 aromatic rings. The first-order chi connectivity index (χ1) is 13.5. The lowest BCUT2D eigenvalue weighted by atomic mass is 10.2. The van der Waals surface area contributed by atoms with Crippen LogP contribution < -0.4 is 10.1 Å². The second-order valence-electron chi connectivity index (χ2n) is 6.41.